The van der Waals surface area contributed by atoms with Crippen LogP contribution in [0.2, 0.25) is 0 Å². The average Bonchev–Trinajstić information content (AvgIpc) is 2.87. The van der Waals surface area contributed by atoms with Crippen LogP contribution in [0.3, 0.4) is 0 Å². The number of amides is 1. The van der Waals surface area contributed by atoms with Crippen LogP contribution in [0.1, 0.15) is 40.0 Å². The van der Waals surface area contributed by atoms with Crippen LogP contribution in [0.25, 0.3) is 0 Å². The number of carbonyl (C=O) groups excluding carboxylic acids is 2. The Kier molecular flexibility index (Phi) is 5.36. The maximum Gasteiger partial charge on any atom is 0.344 e. The Morgan fingerprint density at radius 1 is 1.07 bits per heavy atom. The van der Waals surface area contributed by atoms with Gasteiger partial charge in [0.25, 0.3) is 5.91 Å². The topological polar surface area (TPSA) is 65.1 Å². The van der Waals surface area contributed by atoms with Gasteiger partial charge in [-0.25, -0.2) is 4.79 Å². The molecule has 1 aromatic rings. The van der Waals surface area contributed by atoms with E-state index in [0.29, 0.717) is 11.5 Å². The van der Waals surface area contributed by atoms with Gasteiger partial charge in [-0.3, -0.25) is 4.79 Å². The van der Waals surface area contributed by atoms with Crippen molar-refractivity contribution >= 4 is 11.9 Å². The number of hydrogen-bond donors (Lipinski definition) is 0. The van der Waals surface area contributed by atoms with E-state index >= 15 is 0 Å². The Morgan fingerprint density at radius 2 is 1.74 bits per heavy atom. The molecule has 6 heteroatoms. The molecule has 0 unspecified atom stereocenters. The molecule has 1 aliphatic heterocycles. The lowest BCUT2D eigenvalue weighted by atomic mass is 9.65. The van der Waals surface area contributed by atoms with Crippen molar-refractivity contribution in [3.05, 3.63) is 24.3 Å². The van der Waals surface area contributed by atoms with E-state index in [1.54, 1.807) is 31.4 Å². The van der Waals surface area contributed by atoms with E-state index in [2.05, 4.69) is 20.8 Å². The highest BCUT2D eigenvalue weighted by molar-refractivity contribution is 5.81. The number of benzene rings is 1. The van der Waals surface area contributed by atoms with E-state index < -0.39 is 5.97 Å². The first kappa shape index (κ1) is 19.5. The molecule has 1 heterocycles. The van der Waals surface area contributed by atoms with Crippen molar-refractivity contribution < 1.29 is 23.8 Å². The summed E-state index contributed by atoms with van der Waals surface area (Å²) < 4.78 is 15.6. The molecule has 1 saturated carbocycles. The minimum absolute atomic E-state index is 0.112. The number of esters is 1. The quantitative estimate of drug-likeness (QED) is 0.715. The summed E-state index contributed by atoms with van der Waals surface area (Å²) >= 11 is 0. The molecule has 1 amide bonds. The van der Waals surface area contributed by atoms with Gasteiger partial charge in [0.1, 0.15) is 11.5 Å². The lowest BCUT2D eigenvalue weighted by Gasteiger charge is -2.39. The van der Waals surface area contributed by atoms with Crippen LogP contribution >= 0.6 is 0 Å². The van der Waals surface area contributed by atoms with Crippen molar-refractivity contribution in [3.8, 4) is 11.5 Å². The number of carbonyl (C=O) groups is 2. The maximum absolute atomic E-state index is 12.6. The van der Waals surface area contributed by atoms with E-state index in [4.69, 9.17) is 14.2 Å². The fraction of sp³-hybridized carbons (Fsp3) is 0.619. The fourth-order valence-corrected chi connectivity index (χ4v) is 4.83. The van der Waals surface area contributed by atoms with Crippen LogP contribution in [-0.2, 0) is 14.3 Å². The number of methoxy groups -OCH3 is 1. The highest BCUT2D eigenvalue weighted by Crippen LogP contribution is 2.52. The van der Waals surface area contributed by atoms with Gasteiger partial charge >= 0.3 is 5.97 Å². The molecule has 2 fully saturated rings. The van der Waals surface area contributed by atoms with Gasteiger partial charge < -0.3 is 19.1 Å². The van der Waals surface area contributed by atoms with E-state index in [0.717, 1.165) is 25.8 Å². The molecule has 0 spiro atoms. The summed E-state index contributed by atoms with van der Waals surface area (Å²) in [6.45, 7) is 7.08. The van der Waals surface area contributed by atoms with Gasteiger partial charge in [0.2, 0.25) is 0 Å². The Hall–Kier alpha value is -2.24. The molecule has 0 aromatic heterocycles. The zero-order valence-corrected chi connectivity index (χ0v) is 16.6. The molecule has 2 aliphatic rings. The molecule has 1 saturated heterocycles. The summed E-state index contributed by atoms with van der Waals surface area (Å²) in [5.74, 6) is 0.595. The molecule has 2 bridgehead atoms. The summed E-state index contributed by atoms with van der Waals surface area (Å²) in [5, 5.41) is 0. The van der Waals surface area contributed by atoms with Gasteiger partial charge in [-0.05, 0) is 54.4 Å². The third-order valence-electron chi connectivity index (χ3n) is 5.51. The highest BCUT2D eigenvalue weighted by atomic mass is 16.6. The molecule has 3 rings (SSSR count). The Balaban J connectivity index is 1.45. The second-order valence-corrected chi connectivity index (χ2v) is 8.86. The molecule has 6 nitrogen and oxygen atoms in total. The first-order valence-corrected chi connectivity index (χ1v) is 9.42. The van der Waals surface area contributed by atoms with Crippen LogP contribution in [0.5, 0.6) is 11.5 Å². The maximum atomic E-state index is 12.6. The second-order valence-electron chi connectivity index (χ2n) is 8.86. The smallest absolute Gasteiger partial charge is 0.344 e. The summed E-state index contributed by atoms with van der Waals surface area (Å²) in [5.41, 5.74) is 0.416. The summed E-state index contributed by atoms with van der Waals surface area (Å²) in [6.07, 6.45) is 3.16. The highest BCUT2D eigenvalue weighted by Gasteiger charge is 2.50. The number of ether oxygens (including phenoxy) is 3. The number of fused-ring (bicyclic) bond motifs is 2. The zero-order valence-electron chi connectivity index (χ0n) is 16.6. The van der Waals surface area contributed by atoms with Gasteiger partial charge in [0.15, 0.2) is 13.2 Å². The predicted molar refractivity (Wildman–Crippen MR) is 101 cm³/mol. The number of likely N-dealkylation sites (tertiary alicyclic amines) is 1. The number of nitrogens with zero attached hydrogens (tertiary/aromatic N) is 1. The molecule has 0 N–H and O–H groups in total. The molecule has 1 aromatic carbocycles. The van der Waals surface area contributed by atoms with Crippen LogP contribution < -0.4 is 9.47 Å². The Bertz CT molecular complexity index is 699. The summed E-state index contributed by atoms with van der Waals surface area (Å²) in [6, 6.07) is 7.17. The predicted octanol–water partition coefficient (Wildman–Crippen LogP) is 3.04. The van der Waals surface area contributed by atoms with Crippen molar-refractivity contribution in [2.24, 2.45) is 10.8 Å². The molecule has 0 radical (unpaired) electrons. The van der Waals surface area contributed by atoms with Crippen LogP contribution in [0.4, 0.5) is 0 Å². The van der Waals surface area contributed by atoms with Crippen LogP contribution in [0.15, 0.2) is 24.3 Å². The first-order valence-electron chi connectivity index (χ1n) is 9.42. The van der Waals surface area contributed by atoms with Gasteiger partial charge in [0, 0.05) is 12.6 Å². The Labute approximate surface area is 160 Å². The van der Waals surface area contributed by atoms with E-state index in [-0.39, 0.29) is 36.0 Å². The fourth-order valence-electron chi connectivity index (χ4n) is 4.83. The molecule has 148 valence electrons. The first-order chi connectivity index (χ1) is 12.7. The molecular formula is C21H29NO5. The summed E-state index contributed by atoms with van der Waals surface area (Å²) in [7, 11) is 1.58. The Morgan fingerprint density at radius 3 is 2.41 bits per heavy atom. The largest absolute Gasteiger partial charge is 0.497 e. The molecule has 27 heavy (non-hydrogen) atoms. The molecule has 1 aliphatic carbocycles. The lowest BCUT2D eigenvalue weighted by molar-refractivity contribution is -0.154. The van der Waals surface area contributed by atoms with Crippen molar-refractivity contribution in [2.75, 3.05) is 26.9 Å². The average molecular weight is 375 g/mol. The second kappa shape index (κ2) is 7.41. The third kappa shape index (κ3) is 4.73. The van der Waals surface area contributed by atoms with Gasteiger partial charge in [0.05, 0.1) is 7.11 Å². The van der Waals surface area contributed by atoms with Crippen LogP contribution in [0, 0.1) is 10.8 Å². The normalized spacial score (nSPS) is 25.8. The van der Waals surface area contributed by atoms with Crippen LogP contribution in [-0.4, -0.2) is 49.7 Å². The van der Waals surface area contributed by atoms with E-state index in [1.807, 2.05) is 4.90 Å². The van der Waals surface area contributed by atoms with Crippen molar-refractivity contribution in [1.29, 1.82) is 0 Å². The molecular weight excluding hydrogens is 346 g/mol. The third-order valence-corrected chi connectivity index (χ3v) is 5.51. The standard InChI is InChI=1S/C21H29NO5/c1-20(2)9-15-10-21(3,13-20)14-22(15)18(23)11-27-19(24)12-26-17-7-5-16(25-4)6-8-17/h5-8,15H,9-14H2,1-4H3/t15-,21-/m1/s1. The van der Waals surface area contributed by atoms with Gasteiger partial charge in [-0.1, -0.05) is 20.8 Å². The minimum Gasteiger partial charge on any atom is -0.497 e. The van der Waals surface area contributed by atoms with Gasteiger partial charge in [-0.2, -0.15) is 0 Å². The monoisotopic (exact) mass is 375 g/mol. The van der Waals surface area contributed by atoms with Crippen molar-refractivity contribution in [1.82, 2.24) is 4.90 Å². The van der Waals surface area contributed by atoms with E-state index in [9.17, 15) is 9.59 Å². The summed E-state index contributed by atoms with van der Waals surface area (Å²) in [4.78, 5) is 26.4. The number of rotatable bonds is 6. The van der Waals surface area contributed by atoms with E-state index in [1.165, 1.54) is 0 Å². The van der Waals surface area contributed by atoms with Crippen molar-refractivity contribution in [3.63, 3.8) is 0 Å². The SMILES string of the molecule is COc1ccc(OCC(=O)OCC(=O)N2C[C@]3(C)C[C@H]2CC(C)(C)C3)cc1. The molecule has 2 atom stereocenters. The minimum atomic E-state index is -0.548. The lowest BCUT2D eigenvalue weighted by Crippen LogP contribution is -2.40. The number of hydrogen-bond acceptors (Lipinski definition) is 5. The van der Waals surface area contributed by atoms with Gasteiger partial charge in [-0.15, -0.1) is 0 Å². The van der Waals surface area contributed by atoms with Crippen molar-refractivity contribution in [2.45, 2.75) is 46.1 Å². The zero-order chi connectivity index (χ0) is 19.7.